The molecule has 0 atom stereocenters. The van der Waals surface area contributed by atoms with Crippen LogP contribution >= 0.6 is 0 Å². The highest BCUT2D eigenvalue weighted by Crippen LogP contribution is 2.45. The fourth-order valence-corrected chi connectivity index (χ4v) is 9.25. The fraction of sp³-hybridized carbons (Fsp3) is 0. The van der Waals surface area contributed by atoms with Crippen molar-refractivity contribution in [3.05, 3.63) is 224 Å². The van der Waals surface area contributed by atoms with Crippen LogP contribution in [0.1, 0.15) is 0 Å². The van der Waals surface area contributed by atoms with Gasteiger partial charge in [-0.2, -0.15) is 0 Å². The molecule has 3 aromatic heterocycles. The van der Waals surface area contributed by atoms with Crippen LogP contribution in [0.5, 0.6) is 0 Å². The van der Waals surface area contributed by atoms with Gasteiger partial charge in [-0.25, -0.2) is 15.0 Å². The van der Waals surface area contributed by atoms with Crippen LogP contribution in [0, 0.1) is 0 Å². The van der Waals surface area contributed by atoms with Gasteiger partial charge in [-0.3, -0.25) is 0 Å². The Labute approximate surface area is 358 Å². The maximum absolute atomic E-state index is 5.17. The first kappa shape index (κ1) is 35.5. The van der Waals surface area contributed by atoms with Crippen LogP contribution in [0.15, 0.2) is 224 Å². The lowest BCUT2D eigenvalue weighted by molar-refractivity contribution is 1.06. The lowest BCUT2D eigenvalue weighted by atomic mass is 9.95. The molecule has 0 bridgehead atoms. The van der Waals surface area contributed by atoms with Gasteiger partial charge in [0, 0.05) is 43.9 Å². The lowest BCUT2D eigenvalue weighted by Crippen LogP contribution is -2.03. The Morgan fingerprint density at radius 1 is 0.274 bits per heavy atom. The van der Waals surface area contributed by atoms with Crippen molar-refractivity contribution < 1.29 is 0 Å². The molecule has 3 heterocycles. The van der Waals surface area contributed by atoms with E-state index in [1.54, 1.807) is 0 Å². The molecule has 0 saturated carbocycles. The molecule has 12 aromatic rings. The lowest BCUT2D eigenvalue weighted by Gasteiger charge is -2.15. The third kappa shape index (κ3) is 5.82. The number of aromatic nitrogens is 5. The first-order chi connectivity index (χ1) is 30.8. The molecule has 0 radical (unpaired) electrons. The van der Waals surface area contributed by atoms with Gasteiger partial charge in [0.05, 0.1) is 27.8 Å². The van der Waals surface area contributed by atoms with Gasteiger partial charge in [-0.15, -0.1) is 0 Å². The maximum atomic E-state index is 5.17. The van der Waals surface area contributed by atoms with Crippen LogP contribution in [0.3, 0.4) is 0 Å². The van der Waals surface area contributed by atoms with Crippen LogP contribution in [0.2, 0.25) is 0 Å². The highest BCUT2D eigenvalue weighted by molar-refractivity contribution is 6.22. The Bertz CT molecular complexity index is 3550. The first-order valence-corrected chi connectivity index (χ1v) is 21.0. The molecule has 0 amide bonds. The molecule has 0 aliphatic heterocycles. The number of hydrogen-bond acceptors (Lipinski definition) is 3. The molecule has 0 saturated heterocycles. The summed E-state index contributed by atoms with van der Waals surface area (Å²) in [6, 6.07) is 79.3. The predicted octanol–water partition coefficient (Wildman–Crippen LogP) is 14.4. The van der Waals surface area contributed by atoms with Gasteiger partial charge in [0.2, 0.25) is 0 Å². The van der Waals surface area contributed by atoms with Gasteiger partial charge in [-0.05, 0) is 70.8 Å². The Kier molecular flexibility index (Phi) is 8.42. The van der Waals surface area contributed by atoms with E-state index in [-0.39, 0.29) is 0 Å². The molecule has 62 heavy (non-hydrogen) atoms. The van der Waals surface area contributed by atoms with Crippen LogP contribution < -0.4 is 0 Å². The summed E-state index contributed by atoms with van der Waals surface area (Å²) < 4.78 is 4.81. The summed E-state index contributed by atoms with van der Waals surface area (Å²) in [6.45, 7) is 0. The Hall–Kier alpha value is -8.41. The zero-order valence-corrected chi connectivity index (χ0v) is 33.6. The molecule has 0 N–H and O–H groups in total. The van der Waals surface area contributed by atoms with Crippen molar-refractivity contribution in [1.29, 1.82) is 0 Å². The number of benzene rings is 9. The minimum atomic E-state index is 0.615. The number of fused-ring (bicyclic) bond motifs is 6. The molecule has 5 nitrogen and oxygen atoms in total. The predicted molar refractivity (Wildman–Crippen MR) is 256 cm³/mol. The fourth-order valence-electron chi connectivity index (χ4n) is 9.25. The van der Waals surface area contributed by atoms with E-state index in [0.29, 0.717) is 17.5 Å². The van der Waals surface area contributed by atoms with E-state index in [1.165, 1.54) is 54.8 Å². The van der Waals surface area contributed by atoms with E-state index in [1.807, 2.05) is 60.7 Å². The van der Waals surface area contributed by atoms with Crippen molar-refractivity contribution in [2.75, 3.05) is 0 Å². The third-order valence-electron chi connectivity index (χ3n) is 12.0. The Morgan fingerprint density at radius 2 is 0.742 bits per heavy atom. The third-order valence-corrected chi connectivity index (χ3v) is 12.0. The topological polar surface area (TPSA) is 48.5 Å². The SMILES string of the molecule is c1ccc(-c2ccc3c4c(-c5cccc6c5c5ccccc5n6-c5ccccc5-c5nc(-c6ccccc6)nc(-c6ccccc6)n5)cccc4n(-c4ccccc4)c3c2)cc1. The van der Waals surface area contributed by atoms with E-state index in [0.717, 1.165) is 39.1 Å². The van der Waals surface area contributed by atoms with Crippen molar-refractivity contribution in [1.82, 2.24) is 24.1 Å². The summed E-state index contributed by atoms with van der Waals surface area (Å²) in [5.74, 6) is 1.88. The normalized spacial score (nSPS) is 11.5. The molecular formula is C57H37N5. The Morgan fingerprint density at radius 3 is 1.39 bits per heavy atom. The standard InChI is InChI=1S/C57H37N5/c1-5-19-38(20-6-1)41-35-36-46-52(37-41)61(42-25-11-4-12-26-42)50-33-17-29-44(54(46)50)43-30-18-34-51-53(43)45-27-13-15-31-48(45)62(51)49-32-16-14-28-47(49)57-59-55(39-21-7-2-8-22-39)58-56(60-57)40-23-9-3-10-24-40/h1-37H. The minimum Gasteiger partial charge on any atom is -0.309 e. The summed E-state index contributed by atoms with van der Waals surface area (Å²) in [5, 5.41) is 4.80. The van der Waals surface area contributed by atoms with E-state index >= 15 is 0 Å². The zero-order valence-electron chi connectivity index (χ0n) is 33.6. The number of hydrogen-bond donors (Lipinski definition) is 0. The molecule has 0 aliphatic carbocycles. The summed E-state index contributed by atoms with van der Waals surface area (Å²) in [4.78, 5) is 15.3. The highest BCUT2D eigenvalue weighted by Gasteiger charge is 2.23. The van der Waals surface area contributed by atoms with E-state index < -0.39 is 0 Å². The molecule has 290 valence electrons. The number of nitrogens with zero attached hydrogens (tertiary/aromatic N) is 5. The van der Waals surface area contributed by atoms with Gasteiger partial charge in [-0.1, -0.05) is 176 Å². The van der Waals surface area contributed by atoms with E-state index in [2.05, 4.69) is 173 Å². The number of rotatable bonds is 7. The Balaban J connectivity index is 1.11. The summed E-state index contributed by atoms with van der Waals surface area (Å²) in [6.07, 6.45) is 0. The second-order valence-electron chi connectivity index (χ2n) is 15.6. The first-order valence-electron chi connectivity index (χ1n) is 21.0. The highest BCUT2D eigenvalue weighted by atomic mass is 15.1. The van der Waals surface area contributed by atoms with Gasteiger partial charge in [0.1, 0.15) is 0 Å². The van der Waals surface area contributed by atoms with Crippen molar-refractivity contribution in [2.24, 2.45) is 0 Å². The molecule has 9 aromatic carbocycles. The molecule has 0 fully saturated rings. The largest absolute Gasteiger partial charge is 0.309 e. The van der Waals surface area contributed by atoms with Gasteiger partial charge in [0.15, 0.2) is 17.5 Å². The molecule has 0 spiro atoms. The average Bonchev–Trinajstić information content (AvgIpc) is 3.88. The van der Waals surface area contributed by atoms with Gasteiger partial charge >= 0.3 is 0 Å². The number of para-hydroxylation sites is 3. The van der Waals surface area contributed by atoms with Crippen molar-refractivity contribution in [3.8, 4) is 67.8 Å². The van der Waals surface area contributed by atoms with E-state index in [4.69, 9.17) is 15.0 Å². The summed E-state index contributed by atoms with van der Waals surface area (Å²) >= 11 is 0. The van der Waals surface area contributed by atoms with Crippen LogP contribution in [0.25, 0.3) is 111 Å². The monoisotopic (exact) mass is 791 g/mol. The molecule has 12 rings (SSSR count). The zero-order chi connectivity index (χ0) is 41.0. The minimum absolute atomic E-state index is 0.615. The second kappa shape index (κ2) is 14.7. The molecule has 0 unspecified atom stereocenters. The molecular weight excluding hydrogens is 755 g/mol. The van der Waals surface area contributed by atoms with Crippen LogP contribution in [-0.4, -0.2) is 24.1 Å². The van der Waals surface area contributed by atoms with Gasteiger partial charge < -0.3 is 9.13 Å². The average molecular weight is 792 g/mol. The van der Waals surface area contributed by atoms with Crippen LogP contribution in [-0.2, 0) is 0 Å². The summed E-state index contributed by atoms with van der Waals surface area (Å²) in [5.41, 5.74) is 14.2. The van der Waals surface area contributed by atoms with Crippen molar-refractivity contribution >= 4 is 43.6 Å². The molecule has 0 aliphatic rings. The van der Waals surface area contributed by atoms with Crippen LogP contribution in [0.4, 0.5) is 0 Å². The van der Waals surface area contributed by atoms with E-state index in [9.17, 15) is 0 Å². The smallest absolute Gasteiger partial charge is 0.166 e. The van der Waals surface area contributed by atoms with Crippen molar-refractivity contribution in [2.45, 2.75) is 0 Å². The quantitative estimate of drug-likeness (QED) is 0.162. The summed E-state index contributed by atoms with van der Waals surface area (Å²) in [7, 11) is 0. The second-order valence-corrected chi connectivity index (χ2v) is 15.6. The van der Waals surface area contributed by atoms with Gasteiger partial charge in [0.25, 0.3) is 0 Å². The maximum Gasteiger partial charge on any atom is 0.166 e. The van der Waals surface area contributed by atoms with Crippen molar-refractivity contribution in [3.63, 3.8) is 0 Å². The molecule has 5 heteroatoms.